The molecule has 1 saturated carbocycles. The summed E-state index contributed by atoms with van der Waals surface area (Å²) in [5.74, 6) is 0.880. The van der Waals surface area contributed by atoms with E-state index < -0.39 is 0 Å². The van der Waals surface area contributed by atoms with Crippen molar-refractivity contribution in [1.29, 1.82) is 0 Å². The number of nitrogens with zero attached hydrogens (tertiary/aromatic N) is 4. The van der Waals surface area contributed by atoms with Gasteiger partial charge in [-0.1, -0.05) is 93.2 Å². The highest BCUT2D eigenvalue weighted by Gasteiger charge is 2.42. The van der Waals surface area contributed by atoms with Gasteiger partial charge in [0.05, 0.1) is 11.6 Å². The van der Waals surface area contributed by atoms with E-state index in [1.165, 1.54) is 0 Å². The van der Waals surface area contributed by atoms with Gasteiger partial charge in [-0.15, -0.1) is 5.10 Å². The Kier molecular flexibility index (Phi) is 6.59. The highest BCUT2D eigenvalue weighted by Crippen LogP contribution is 2.43. The van der Waals surface area contributed by atoms with Crippen LogP contribution in [0.1, 0.15) is 63.9 Å². The molecule has 2 aromatic carbocycles. The molecular formula is C25H29Cl2N5. The molecule has 0 bridgehead atoms. The van der Waals surface area contributed by atoms with Crippen LogP contribution in [0.15, 0.2) is 54.6 Å². The van der Waals surface area contributed by atoms with Crippen molar-refractivity contribution in [1.82, 2.24) is 20.2 Å². The molecule has 0 spiro atoms. The van der Waals surface area contributed by atoms with E-state index in [0.29, 0.717) is 10.0 Å². The van der Waals surface area contributed by atoms with Gasteiger partial charge in [-0.05, 0) is 58.5 Å². The number of benzene rings is 2. The summed E-state index contributed by atoms with van der Waals surface area (Å²) in [5, 5.41) is 18.2. The SMILES string of the molecule is CC(C)(C)C(C=Cc1ccc(Cl)cc1Cl)n1nnnc1C1(Nc2ccccc2)CCCC1. The quantitative estimate of drug-likeness (QED) is 0.415. The van der Waals surface area contributed by atoms with Crippen molar-refractivity contribution >= 4 is 35.0 Å². The highest BCUT2D eigenvalue weighted by molar-refractivity contribution is 6.35. The van der Waals surface area contributed by atoms with E-state index in [0.717, 1.165) is 42.8 Å². The molecule has 1 fully saturated rings. The Morgan fingerprint density at radius 1 is 1.06 bits per heavy atom. The van der Waals surface area contributed by atoms with Crippen molar-refractivity contribution in [2.24, 2.45) is 5.41 Å². The number of para-hydroxylation sites is 1. The summed E-state index contributed by atoms with van der Waals surface area (Å²) in [5.41, 5.74) is 1.59. The predicted octanol–water partition coefficient (Wildman–Crippen LogP) is 7.16. The monoisotopic (exact) mass is 469 g/mol. The Bertz CT molecular complexity index is 1080. The molecule has 168 valence electrons. The van der Waals surface area contributed by atoms with E-state index in [4.69, 9.17) is 23.2 Å². The highest BCUT2D eigenvalue weighted by atomic mass is 35.5. The van der Waals surface area contributed by atoms with Gasteiger partial charge < -0.3 is 5.32 Å². The Morgan fingerprint density at radius 2 is 1.78 bits per heavy atom. The smallest absolute Gasteiger partial charge is 0.177 e. The van der Waals surface area contributed by atoms with Gasteiger partial charge in [0.15, 0.2) is 5.82 Å². The van der Waals surface area contributed by atoms with E-state index in [1.54, 1.807) is 6.07 Å². The Balaban J connectivity index is 1.73. The third kappa shape index (κ3) is 4.84. The summed E-state index contributed by atoms with van der Waals surface area (Å²) in [6.07, 6.45) is 8.44. The topological polar surface area (TPSA) is 55.6 Å². The first kappa shape index (κ1) is 22.8. The second-order valence-corrected chi connectivity index (χ2v) is 10.4. The minimum Gasteiger partial charge on any atom is -0.373 e. The van der Waals surface area contributed by atoms with Gasteiger partial charge in [0.2, 0.25) is 0 Å². The number of rotatable bonds is 6. The first-order valence-corrected chi connectivity index (χ1v) is 11.8. The predicted molar refractivity (Wildman–Crippen MR) is 132 cm³/mol. The van der Waals surface area contributed by atoms with Crippen LogP contribution >= 0.6 is 23.2 Å². The number of nitrogens with one attached hydrogen (secondary N) is 1. The number of hydrogen-bond acceptors (Lipinski definition) is 4. The maximum absolute atomic E-state index is 6.41. The molecule has 1 atom stereocenters. The normalized spacial score (nSPS) is 17.0. The fraction of sp³-hybridized carbons (Fsp3) is 0.400. The van der Waals surface area contributed by atoms with Crippen LogP contribution < -0.4 is 5.32 Å². The molecule has 1 aromatic heterocycles. The summed E-state index contributed by atoms with van der Waals surface area (Å²) in [4.78, 5) is 0. The van der Waals surface area contributed by atoms with Crippen LogP contribution in [0.25, 0.3) is 6.08 Å². The molecular weight excluding hydrogens is 441 g/mol. The number of halogens is 2. The molecule has 1 aliphatic carbocycles. The van der Waals surface area contributed by atoms with Gasteiger partial charge in [-0.2, -0.15) is 0 Å². The summed E-state index contributed by atoms with van der Waals surface area (Å²) >= 11 is 12.5. The fourth-order valence-corrected chi connectivity index (χ4v) is 4.92. The molecule has 0 amide bonds. The van der Waals surface area contributed by atoms with Gasteiger partial charge in [-0.25, -0.2) is 4.68 Å². The molecule has 0 aliphatic heterocycles. The van der Waals surface area contributed by atoms with Gasteiger partial charge in [-0.3, -0.25) is 0 Å². The van der Waals surface area contributed by atoms with Crippen molar-refractivity contribution in [2.45, 2.75) is 58.0 Å². The molecule has 7 heteroatoms. The van der Waals surface area contributed by atoms with Gasteiger partial charge >= 0.3 is 0 Å². The molecule has 4 rings (SSSR count). The summed E-state index contributed by atoms with van der Waals surface area (Å²) in [6.45, 7) is 6.59. The van der Waals surface area contributed by atoms with Crippen LogP contribution in [0, 0.1) is 5.41 Å². The first-order chi connectivity index (χ1) is 15.3. The maximum atomic E-state index is 6.41. The van der Waals surface area contributed by atoms with E-state index in [-0.39, 0.29) is 17.0 Å². The number of allylic oxidation sites excluding steroid dienone is 1. The Hall–Kier alpha value is -2.37. The van der Waals surface area contributed by atoms with Crippen LogP contribution in [0.4, 0.5) is 5.69 Å². The lowest BCUT2D eigenvalue weighted by atomic mass is 9.85. The summed E-state index contributed by atoms with van der Waals surface area (Å²) in [7, 11) is 0. The van der Waals surface area contributed by atoms with Crippen molar-refractivity contribution in [3.8, 4) is 0 Å². The van der Waals surface area contributed by atoms with Crippen molar-refractivity contribution in [2.75, 3.05) is 5.32 Å². The van der Waals surface area contributed by atoms with E-state index in [9.17, 15) is 0 Å². The van der Waals surface area contributed by atoms with Crippen LogP contribution in [0.2, 0.25) is 10.0 Å². The lowest BCUT2D eigenvalue weighted by Gasteiger charge is -2.34. The van der Waals surface area contributed by atoms with Crippen molar-refractivity contribution < 1.29 is 0 Å². The first-order valence-electron chi connectivity index (χ1n) is 11.0. The third-order valence-electron chi connectivity index (χ3n) is 6.11. The molecule has 0 saturated heterocycles. The van der Waals surface area contributed by atoms with E-state index >= 15 is 0 Å². The van der Waals surface area contributed by atoms with Crippen molar-refractivity contribution in [3.63, 3.8) is 0 Å². The molecule has 1 unspecified atom stereocenters. The second kappa shape index (κ2) is 9.24. The zero-order valence-electron chi connectivity index (χ0n) is 18.7. The second-order valence-electron chi connectivity index (χ2n) is 9.56. The maximum Gasteiger partial charge on any atom is 0.177 e. The van der Waals surface area contributed by atoms with Gasteiger partial charge in [0, 0.05) is 15.7 Å². The number of tetrazole rings is 1. The average molecular weight is 470 g/mol. The minimum absolute atomic E-state index is 0.0608. The van der Waals surface area contributed by atoms with Gasteiger partial charge in [0.25, 0.3) is 0 Å². The summed E-state index contributed by atoms with van der Waals surface area (Å²) in [6, 6.07) is 15.8. The number of hydrogen-bond donors (Lipinski definition) is 1. The van der Waals surface area contributed by atoms with Crippen LogP contribution in [0.3, 0.4) is 0 Å². The van der Waals surface area contributed by atoms with Gasteiger partial charge in [0.1, 0.15) is 0 Å². The van der Waals surface area contributed by atoms with E-state index in [2.05, 4.69) is 59.8 Å². The lowest BCUT2D eigenvalue weighted by Crippen LogP contribution is -2.38. The average Bonchev–Trinajstić information content (AvgIpc) is 3.40. The van der Waals surface area contributed by atoms with E-state index in [1.807, 2.05) is 41.1 Å². The van der Waals surface area contributed by atoms with Crippen LogP contribution in [-0.4, -0.2) is 20.2 Å². The van der Waals surface area contributed by atoms with Crippen LogP contribution in [-0.2, 0) is 5.54 Å². The lowest BCUT2D eigenvalue weighted by molar-refractivity contribution is 0.254. The Morgan fingerprint density at radius 3 is 2.44 bits per heavy atom. The molecule has 0 radical (unpaired) electrons. The molecule has 5 nitrogen and oxygen atoms in total. The zero-order chi connectivity index (χ0) is 22.8. The Labute approximate surface area is 199 Å². The summed E-state index contributed by atoms with van der Waals surface area (Å²) < 4.78 is 1.99. The van der Waals surface area contributed by atoms with Crippen LogP contribution in [0.5, 0.6) is 0 Å². The minimum atomic E-state index is -0.292. The molecule has 32 heavy (non-hydrogen) atoms. The number of aromatic nitrogens is 4. The largest absolute Gasteiger partial charge is 0.373 e. The molecule has 1 aliphatic rings. The standard InChI is InChI=1S/C25H29Cl2N5/c1-24(2,3)22(14-12-18-11-13-19(26)17-21(18)27)32-23(29-30-31-32)25(15-7-8-16-25)28-20-9-5-4-6-10-20/h4-6,9-14,17,22,28H,7-8,15-16H2,1-3H3. The third-order valence-corrected chi connectivity index (χ3v) is 6.67. The zero-order valence-corrected chi connectivity index (χ0v) is 20.2. The molecule has 3 aromatic rings. The molecule has 1 heterocycles. The number of anilines is 1. The molecule has 1 N–H and O–H groups in total. The van der Waals surface area contributed by atoms with Crippen molar-refractivity contribution in [3.05, 3.63) is 76.0 Å². The fourth-order valence-electron chi connectivity index (χ4n) is 4.45.